The average molecular weight is 502 g/mol. The Hall–Kier alpha value is -4.07. The minimum atomic E-state index is -0.792. The van der Waals surface area contributed by atoms with Crippen molar-refractivity contribution in [3.8, 4) is 34.7 Å². The van der Waals surface area contributed by atoms with E-state index in [1.54, 1.807) is 0 Å². The maximum absolute atomic E-state index is 15.1. The molecule has 0 unspecified atom stereocenters. The van der Waals surface area contributed by atoms with Crippen LogP contribution >= 0.6 is 23.2 Å². The van der Waals surface area contributed by atoms with Crippen molar-refractivity contribution in [2.24, 2.45) is 0 Å². The highest BCUT2D eigenvalue weighted by Gasteiger charge is 2.22. The van der Waals surface area contributed by atoms with Crippen molar-refractivity contribution in [2.75, 3.05) is 7.11 Å². The molecule has 0 radical (unpaired) electrons. The summed E-state index contributed by atoms with van der Waals surface area (Å²) in [5, 5.41) is 25.2. The zero-order valence-corrected chi connectivity index (χ0v) is 18.9. The van der Waals surface area contributed by atoms with Crippen LogP contribution in [0.5, 0.6) is 17.4 Å². The van der Waals surface area contributed by atoms with Crippen molar-refractivity contribution in [3.05, 3.63) is 75.3 Å². The molecular weight excluding hydrogens is 488 g/mol. The number of hydrogen-bond donors (Lipinski definition) is 2. The minimum Gasteiger partial charge on any atom is -0.478 e. The van der Waals surface area contributed by atoms with Crippen LogP contribution in [-0.2, 0) is 6.54 Å². The van der Waals surface area contributed by atoms with Crippen LogP contribution in [0.1, 0.15) is 21.6 Å². The number of nitrogens with zero attached hydrogens (tertiary/aromatic N) is 4. The Balaban J connectivity index is 1.55. The lowest BCUT2D eigenvalue weighted by molar-refractivity contribution is 0.0946. The Bertz CT molecular complexity index is 1420. The van der Waals surface area contributed by atoms with Gasteiger partial charge in [0.25, 0.3) is 11.8 Å². The lowest BCUT2D eigenvalue weighted by atomic mass is 10.2. The molecule has 4 rings (SSSR count). The smallest absolute Gasteiger partial charge is 0.270 e. The molecule has 0 aliphatic carbocycles. The molecule has 1 amide bonds. The molecule has 12 heteroatoms. The van der Waals surface area contributed by atoms with Gasteiger partial charge in [0, 0.05) is 22.7 Å². The van der Waals surface area contributed by atoms with Crippen molar-refractivity contribution in [1.29, 1.82) is 5.26 Å². The Kier molecular flexibility index (Phi) is 6.40. The maximum Gasteiger partial charge on any atom is 0.270 e. The van der Waals surface area contributed by atoms with Gasteiger partial charge >= 0.3 is 0 Å². The highest BCUT2D eigenvalue weighted by Crippen LogP contribution is 2.35. The monoisotopic (exact) mass is 501 g/mol. The number of nitriles is 1. The number of carbonyl (C=O) groups excluding carboxylic acids is 1. The van der Waals surface area contributed by atoms with E-state index in [0.29, 0.717) is 10.4 Å². The Morgan fingerprint density at radius 3 is 2.82 bits per heavy atom. The molecule has 2 aliphatic rings. The van der Waals surface area contributed by atoms with Crippen LogP contribution in [0.15, 0.2) is 42.6 Å². The number of amides is 1. The summed E-state index contributed by atoms with van der Waals surface area (Å²) >= 11 is 12.1. The number of halogens is 3. The molecule has 0 aromatic heterocycles. The third-order valence-electron chi connectivity index (χ3n) is 4.66. The van der Waals surface area contributed by atoms with Crippen LogP contribution in [-0.4, -0.2) is 33.2 Å². The minimum absolute atomic E-state index is 0.00749. The number of fused-ring (bicyclic) bond motifs is 1. The molecule has 0 saturated heterocycles. The zero-order valence-electron chi connectivity index (χ0n) is 17.3. The lowest BCUT2D eigenvalue weighted by Gasteiger charge is -2.13. The first-order valence-electron chi connectivity index (χ1n) is 9.56. The fourth-order valence-corrected chi connectivity index (χ4v) is 3.53. The Morgan fingerprint density at radius 1 is 1.29 bits per heavy atom. The summed E-state index contributed by atoms with van der Waals surface area (Å²) < 4.78 is 25.7. The Labute approximate surface area is 202 Å². The Morgan fingerprint density at radius 2 is 2.09 bits per heavy atom. The first kappa shape index (κ1) is 23.1. The van der Waals surface area contributed by atoms with E-state index in [-0.39, 0.29) is 56.5 Å². The molecule has 0 bridgehead atoms. The van der Waals surface area contributed by atoms with Crippen LogP contribution in [0.3, 0.4) is 0 Å². The molecule has 9 nitrogen and oxygen atoms in total. The molecule has 0 atom stereocenters. The second-order valence-electron chi connectivity index (χ2n) is 6.93. The third-order valence-corrected chi connectivity index (χ3v) is 5.18. The van der Waals surface area contributed by atoms with Gasteiger partial charge in [-0.2, -0.15) is 5.26 Å². The number of rotatable bonds is 6. The van der Waals surface area contributed by atoms with E-state index in [1.165, 1.54) is 49.7 Å². The zero-order chi connectivity index (χ0) is 24.4. The van der Waals surface area contributed by atoms with Crippen LogP contribution in [0.2, 0.25) is 10.0 Å². The first-order valence-corrected chi connectivity index (χ1v) is 10.3. The van der Waals surface area contributed by atoms with Gasteiger partial charge in [-0.15, -0.1) is 4.85 Å². The number of benzene rings is 2. The van der Waals surface area contributed by atoms with Gasteiger partial charge in [0.2, 0.25) is 0 Å². The van der Waals surface area contributed by atoms with Gasteiger partial charge in [0.05, 0.1) is 30.0 Å². The second kappa shape index (κ2) is 9.43. The van der Waals surface area contributed by atoms with Crippen molar-refractivity contribution >= 4 is 29.1 Å². The van der Waals surface area contributed by atoms with Crippen LogP contribution in [0.25, 0.3) is 11.3 Å². The summed E-state index contributed by atoms with van der Waals surface area (Å²) in [4.78, 5) is 17.3. The number of ether oxygens (including phenoxy) is 2. The van der Waals surface area contributed by atoms with Gasteiger partial charge in [0.15, 0.2) is 11.6 Å². The van der Waals surface area contributed by atoms with Gasteiger partial charge in [-0.25, -0.2) is 9.37 Å². The van der Waals surface area contributed by atoms with Gasteiger partial charge in [0.1, 0.15) is 17.1 Å². The first-order chi connectivity index (χ1) is 16.3. The molecule has 2 aromatic rings. The predicted octanol–water partition coefficient (Wildman–Crippen LogP) is 4.67. The molecule has 2 heterocycles. The van der Waals surface area contributed by atoms with Crippen LogP contribution in [0.4, 0.5) is 4.39 Å². The lowest BCUT2D eigenvalue weighted by Crippen LogP contribution is -2.23. The number of aromatic nitrogens is 3. The highest BCUT2D eigenvalue weighted by molar-refractivity contribution is 6.32. The summed E-state index contributed by atoms with van der Waals surface area (Å²) in [6, 6.07) is 10.4. The van der Waals surface area contributed by atoms with E-state index in [2.05, 4.69) is 15.4 Å². The number of hydrogen-bond acceptors (Lipinski definition) is 7. The van der Waals surface area contributed by atoms with Crippen LogP contribution in [0, 0.1) is 17.1 Å². The molecule has 34 heavy (non-hydrogen) atoms. The molecule has 2 N–H and O–H groups in total. The summed E-state index contributed by atoms with van der Waals surface area (Å²) in [6.07, 6.45) is 1.26. The quantitative estimate of drug-likeness (QED) is 0.368. The molecule has 172 valence electrons. The van der Waals surface area contributed by atoms with Crippen molar-refractivity contribution in [2.45, 2.75) is 6.54 Å². The topological polar surface area (TPSA) is 122 Å². The molecular formula is C22H14Cl2FN5O4. The van der Waals surface area contributed by atoms with E-state index in [9.17, 15) is 10.0 Å². The van der Waals surface area contributed by atoms with Gasteiger partial charge in [-0.3, -0.25) is 4.79 Å². The third kappa shape index (κ3) is 4.66. The van der Waals surface area contributed by atoms with E-state index in [0.717, 1.165) is 0 Å². The van der Waals surface area contributed by atoms with E-state index in [1.807, 2.05) is 6.07 Å². The summed E-state index contributed by atoms with van der Waals surface area (Å²) in [7, 11) is 1.35. The summed E-state index contributed by atoms with van der Waals surface area (Å²) in [5.41, 5.74) is 1.06. The van der Waals surface area contributed by atoms with Gasteiger partial charge in [-0.05, 0) is 30.3 Å². The summed E-state index contributed by atoms with van der Waals surface area (Å²) in [5.74, 6) is -1.50. The molecule has 2 aromatic carbocycles. The number of carbonyl (C=O) groups is 1. The standard InChI is InChI=1S/C22H14Cl2FN5O4/c1-33-22-19-13(10-30(32)29-22)6-17(28-19)21(31)27-9-12-2-3-16(24)20(18(12)25)34-15-5-11(8-26)4-14(23)7-15/h2-7,10,32H,9H2,1H3,(H,27,31). The predicted molar refractivity (Wildman–Crippen MR) is 119 cm³/mol. The molecule has 0 saturated carbocycles. The normalized spacial score (nSPS) is 10.7. The van der Waals surface area contributed by atoms with Crippen molar-refractivity contribution in [1.82, 2.24) is 20.2 Å². The molecule has 2 aliphatic heterocycles. The fraction of sp³-hybridized carbons (Fsp3) is 0.0909. The summed E-state index contributed by atoms with van der Waals surface area (Å²) in [6.45, 7) is -0.199. The van der Waals surface area contributed by atoms with Crippen molar-refractivity contribution < 1.29 is 23.9 Å². The van der Waals surface area contributed by atoms with Crippen molar-refractivity contribution in [3.63, 3.8) is 0 Å². The van der Waals surface area contributed by atoms with E-state index in [4.69, 9.17) is 37.9 Å². The van der Waals surface area contributed by atoms with E-state index < -0.39 is 11.7 Å². The van der Waals surface area contributed by atoms with E-state index >= 15 is 4.39 Å². The highest BCUT2D eigenvalue weighted by atomic mass is 35.5. The molecule has 0 fully saturated rings. The largest absolute Gasteiger partial charge is 0.478 e. The molecule has 0 spiro atoms. The number of nitrogens with one attached hydrogen (secondary N) is 1. The fourth-order valence-electron chi connectivity index (χ4n) is 3.12. The van der Waals surface area contributed by atoms with Gasteiger partial charge < -0.3 is 20.0 Å². The maximum atomic E-state index is 15.1. The number of methoxy groups -OCH3 is 1. The van der Waals surface area contributed by atoms with Gasteiger partial charge in [-0.1, -0.05) is 34.4 Å². The van der Waals surface area contributed by atoms with Crippen LogP contribution < -0.4 is 14.8 Å². The second-order valence-corrected chi connectivity index (χ2v) is 7.77. The SMILES string of the molecule is COc1nn(O)cc2cc(C(=O)NCc3ccc(Cl)c(Oc4cc(Cl)cc(C#N)c4)c3F)nc1-2. The average Bonchev–Trinajstić information content (AvgIpc) is 3.24.